The molecule has 0 fully saturated rings. The number of alkyl halides is 3. The van der Waals surface area contributed by atoms with Crippen molar-refractivity contribution in [1.82, 2.24) is 0 Å². The van der Waals surface area contributed by atoms with Crippen molar-refractivity contribution in [3.8, 4) is 0 Å². The van der Waals surface area contributed by atoms with Crippen molar-refractivity contribution in [3.05, 3.63) is 40.4 Å². The first kappa shape index (κ1) is 14.3. The normalized spacial score (nSPS) is 27.0. The summed E-state index contributed by atoms with van der Waals surface area (Å²) in [6.45, 7) is 0. The Kier molecular flexibility index (Phi) is 3.16. The Labute approximate surface area is 123 Å². The van der Waals surface area contributed by atoms with E-state index in [1.165, 1.54) is 6.07 Å². The van der Waals surface area contributed by atoms with Gasteiger partial charge in [-0.05, 0) is 18.6 Å². The van der Waals surface area contributed by atoms with Crippen LogP contribution in [-0.2, 0) is 11.0 Å². The third-order valence-electron chi connectivity index (χ3n) is 4.04. The Hall–Kier alpha value is -1.69. The highest BCUT2D eigenvalue weighted by Gasteiger charge is 2.45. The minimum absolute atomic E-state index is 0.213. The first-order valence-electron chi connectivity index (χ1n) is 6.36. The molecule has 0 spiro atoms. The summed E-state index contributed by atoms with van der Waals surface area (Å²) in [4.78, 5) is 11.3. The van der Waals surface area contributed by atoms with Crippen molar-refractivity contribution in [3.63, 3.8) is 0 Å². The monoisotopic (exact) mass is 317 g/mol. The molecule has 3 nitrogen and oxygen atoms in total. The van der Waals surface area contributed by atoms with Crippen molar-refractivity contribution < 1.29 is 23.1 Å². The number of carbonyl (C=O) groups is 1. The van der Waals surface area contributed by atoms with Gasteiger partial charge >= 0.3 is 12.1 Å². The second-order valence-electron chi connectivity index (χ2n) is 5.20. The largest absolute Gasteiger partial charge is 0.480 e. The number of hydrogen-bond donors (Lipinski definition) is 2. The lowest BCUT2D eigenvalue weighted by molar-refractivity contribution is -0.140. The van der Waals surface area contributed by atoms with Gasteiger partial charge in [-0.15, -0.1) is 0 Å². The molecule has 0 saturated carbocycles. The fourth-order valence-corrected chi connectivity index (χ4v) is 3.43. The minimum Gasteiger partial charge on any atom is -0.480 e. The van der Waals surface area contributed by atoms with Crippen LogP contribution in [0.2, 0.25) is 5.02 Å². The van der Waals surface area contributed by atoms with E-state index in [-0.39, 0.29) is 16.6 Å². The van der Waals surface area contributed by atoms with Crippen molar-refractivity contribution in [2.75, 3.05) is 5.32 Å². The zero-order chi connectivity index (χ0) is 15.4. The molecule has 3 atom stereocenters. The van der Waals surface area contributed by atoms with E-state index in [4.69, 9.17) is 11.6 Å². The van der Waals surface area contributed by atoms with Crippen LogP contribution in [0.15, 0.2) is 24.3 Å². The van der Waals surface area contributed by atoms with Gasteiger partial charge in [0, 0.05) is 22.4 Å². The molecule has 0 saturated heterocycles. The first-order valence-corrected chi connectivity index (χ1v) is 6.74. The first-order chi connectivity index (χ1) is 9.80. The summed E-state index contributed by atoms with van der Waals surface area (Å²) in [5.41, 5.74) is -0.759. The van der Waals surface area contributed by atoms with Gasteiger partial charge in [0.25, 0.3) is 0 Å². The molecule has 0 amide bonds. The molecular formula is C14H11ClF3NO2. The number of nitrogens with one attached hydrogen (secondary N) is 1. The number of aliphatic carboxylic acids is 1. The fraction of sp³-hybridized carbons (Fsp3) is 0.357. The van der Waals surface area contributed by atoms with E-state index in [1.54, 1.807) is 12.2 Å². The number of hydrogen-bond acceptors (Lipinski definition) is 2. The molecule has 1 aliphatic carbocycles. The highest BCUT2D eigenvalue weighted by atomic mass is 35.5. The van der Waals surface area contributed by atoms with E-state index in [0.29, 0.717) is 12.0 Å². The average molecular weight is 318 g/mol. The SMILES string of the molecule is O=C(O)[C@H]1Nc2c(C(F)(F)F)ccc(Cl)c2[C@H]2C=CC[C@H]12. The number of fused-ring (bicyclic) bond motifs is 3. The Morgan fingerprint density at radius 3 is 2.71 bits per heavy atom. The molecule has 0 radical (unpaired) electrons. The lowest BCUT2D eigenvalue weighted by Crippen LogP contribution is -2.42. The Balaban J connectivity index is 2.22. The van der Waals surface area contributed by atoms with Gasteiger partial charge in [-0.25, -0.2) is 4.79 Å². The van der Waals surface area contributed by atoms with Crippen molar-refractivity contribution in [2.24, 2.45) is 5.92 Å². The predicted octanol–water partition coefficient (Wildman–Crippen LogP) is 3.90. The lowest BCUT2D eigenvalue weighted by atomic mass is 9.78. The van der Waals surface area contributed by atoms with Gasteiger partial charge in [0.05, 0.1) is 11.3 Å². The zero-order valence-electron chi connectivity index (χ0n) is 10.6. The summed E-state index contributed by atoms with van der Waals surface area (Å²) in [6, 6.07) is 1.04. The molecule has 3 rings (SSSR count). The van der Waals surface area contributed by atoms with Crippen LogP contribution < -0.4 is 5.32 Å². The highest BCUT2D eigenvalue weighted by molar-refractivity contribution is 6.32. The van der Waals surface area contributed by atoms with Gasteiger partial charge < -0.3 is 10.4 Å². The Morgan fingerprint density at radius 1 is 1.38 bits per heavy atom. The highest BCUT2D eigenvalue weighted by Crippen LogP contribution is 2.51. The molecular weight excluding hydrogens is 307 g/mol. The van der Waals surface area contributed by atoms with Crippen LogP contribution in [0.1, 0.15) is 23.5 Å². The smallest absolute Gasteiger partial charge is 0.418 e. The molecule has 2 aliphatic rings. The van der Waals surface area contributed by atoms with Crippen LogP contribution in [0, 0.1) is 5.92 Å². The van der Waals surface area contributed by atoms with Crippen molar-refractivity contribution in [2.45, 2.75) is 24.6 Å². The second-order valence-corrected chi connectivity index (χ2v) is 5.60. The van der Waals surface area contributed by atoms with Crippen LogP contribution in [-0.4, -0.2) is 17.1 Å². The van der Waals surface area contributed by atoms with E-state index in [0.717, 1.165) is 6.07 Å². The van der Waals surface area contributed by atoms with Gasteiger partial charge in [-0.2, -0.15) is 13.2 Å². The van der Waals surface area contributed by atoms with Crippen molar-refractivity contribution >= 4 is 23.3 Å². The summed E-state index contributed by atoms with van der Waals surface area (Å²) < 4.78 is 39.4. The molecule has 0 aromatic heterocycles. The molecule has 1 aliphatic heterocycles. The third-order valence-corrected chi connectivity index (χ3v) is 4.37. The Morgan fingerprint density at radius 2 is 2.10 bits per heavy atom. The minimum atomic E-state index is -4.57. The van der Waals surface area contributed by atoms with Gasteiger partial charge in [-0.3, -0.25) is 0 Å². The molecule has 21 heavy (non-hydrogen) atoms. The van der Waals surface area contributed by atoms with E-state index in [1.807, 2.05) is 0 Å². The topological polar surface area (TPSA) is 49.3 Å². The molecule has 112 valence electrons. The van der Waals surface area contributed by atoms with E-state index in [2.05, 4.69) is 5.32 Å². The average Bonchev–Trinajstić information content (AvgIpc) is 2.84. The number of carboxylic acid groups (broad SMARTS) is 1. The second kappa shape index (κ2) is 4.66. The number of halogens is 4. The summed E-state index contributed by atoms with van der Waals surface area (Å²) >= 11 is 6.07. The number of allylic oxidation sites excluding steroid dienone is 2. The zero-order valence-corrected chi connectivity index (χ0v) is 11.4. The van der Waals surface area contributed by atoms with Gasteiger partial charge in [0.2, 0.25) is 0 Å². The van der Waals surface area contributed by atoms with Gasteiger partial charge in [-0.1, -0.05) is 23.8 Å². The molecule has 7 heteroatoms. The number of anilines is 1. The fourth-order valence-electron chi connectivity index (χ4n) is 3.14. The van der Waals surface area contributed by atoms with Crippen LogP contribution in [0.25, 0.3) is 0 Å². The maximum Gasteiger partial charge on any atom is 0.418 e. The van der Waals surface area contributed by atoms with Crippen LogP contribution in [0.4, 0.5) is 18.9 Å². The molecule has 2 N–H and O–H groups in total. The van der Waals surface area contributed by atoms with Gasteiger partial charge in [0.1, 0.15) is 6.04 Å². The molecule has 1 heterocycles. The van der Waals surface area contributed by atoms with Crippen LogP contribution in [0.3, 0.4) is 0 Å². The standard InChI is InChI=1S/C14H11ClF3NO2/c15-9-5-4-8(14(16,17)18)12-10(9)6-2-1-3-7(6)11(19-12)13(20)21/h1-2,4-7,11,19H,3H2,(H,20,21)/t6-,7-,11-/m0/s1. The number of rotatable bonds is 1. The van der Waals surface area contributed by atoms with Gasteiger partial charge in [0.15, 0.2) is 0 Å². The summed E-state index contributed by atoms with van der Waals surface area (Å²) in [5.74, 6) is -1.89. The van der Waals surface area contributed by atoms with Crippen LogP contribution in [0.5, 0.6) is 0 Å². The maximum atomic E-state index is 13.1. The summed E-state index contributed by atoms with van der Waals surface area (Å²) in [5, 5.41) is 12.0. The van der Waals surface area contributed by atoms with E-state index >= 15 is 0 Å². The van der Waals surface area contributed by atoms with Crippen molar-refractivity contribution in [1.29, 1.82) is 0 Å². The molecule has 1 aromatic carbocycles. The number of carboxylic acids is 1. The summed E-state index contributed by atoms with van der Waals surface area (Å²) in [7, 11) is 0. The Bertz CT molecular complexity index is 642. The lowest BCUT2D eigenvalue weighted by Gasteiger charge is -2.36. The molecule has 1 aromatic rings. The van der Waals surface area contributed by atoms with Crippen LogP contribution >= 0.6 is 11.6 Å². The maximum absolute atomic E-state index is 13.1. The number of benzene rings is 1. The van der Waals surface area contributed by atoms with E-state index in [9.17, 15) is 23.1 Å². The molecule has 0 bridgehead atoms. The van der Waals surface area contributed by atoms with E-state index < -0.39 is 29.7 Å². The predicted molar refractivity (Wildman–Crippen MR) is 71.5 cm³/mol. The third kappa shape index (κ3) is 2.18. The molecule has 0 unspecified atom stereocenters. The summed E-state index contributed by atoms with van der Waals surface area (Å²) in [6.07, 6.45) is -0.536. The quantitative estimate of drug-likeness (QED) is 0.772.